The predicted molar refractivity (Wildman–Crippen MR) is 101 cm³/mol. The Hall–Kier alpha value is -2.83. The van der Waals surface area contributed by atoms with Crippen molar-refractivity contribution >= 4 is 23.2 Å². The number of carbonyl (C=O) groups is 2. The van der Waals surface area contributed by atoms with Gasteiger partial charge < -0.3 is 16.0 Å². The van der Waals surface area contributed by atoms with Gasteiger partial charge >= 0.3 is 0 Å². The lowest BCUT2D eigenvalue weighted by molar-refractivity contribution is -0.115. The Balaban J connectivity index is 1.85. The molecule has 0 atom stereocenters. The van der Waals surface area contributed by atoms with Gasteiger partial charge in [-0.05, 0) is 44.9 Å². The SMILES string of the molecule is Cc1nn(C)c(C)c1CC(=O)Nc1cc(C(N)=O)ccc1N1CCCC1. The average molecular weight is 355 g/mol. The molecule has 1 saturated heterocycles. The number of aromatic nitrogens is 2. The number of nitrogens with zero attached hydrogens (tertiary/aromatic N) is 3. The van der Waals surface area contributed by atoms with Crippen LogP contribution in [0.4, 0.5) is 11.4 Å². The minimum atomic E-state index is -0.507. The van der Waals surface area contributed by atoms with Gasteiger partial charge in [0, 0.05) is 37.0 Å². The Morgan fingerprint density at radius 2 is 1.92 bits per heavy atom. The van der Waals surface area contributed by atoms with Crippen LogP contribution in [0.1, 0.15) is 40.2 Å². The second-order valence-corrected chi connectivity index (χ2v) is 6.79. The Bertz CT molecular complexity index is 850. The molecule has 26 heavy (non-hydrogen) atoms. The topological polar surface area (TPSA) is 93.2 Å². The molecular formula is C19H25N5O2. The molecule has 2 amide bonds. The minimum Gasteiger partial charge on any atom is -0.370 e. The smallest absolute Gasteiger partial charge is 0.248 e. The second-order valence-electron chi connectivity index (χ2n) is 6.79. The summed E-state index contributed by atoms with van der Waals surface area (Å²) in [5.74, 6) is -0.640. The van der Waals surface area contributed by atoms with Gasteiger partial charge in [-0.2, -0.15) is 5.10 Å². The molecule has 0 unspecified atom stereocenters. The molecule has 2 aromatic rings. The highest BCUT2D eigenvalue weighted by molar-refractivity contribution is 6.00. The van der Waals surface area contributed by atoms with Crippen LogP contribution >= 0.6 is 0 Å². The van der Waals surface area contributed by atoms with Gasteiger partial charge in [0.25, 0.3) is 0 Å². The van der Waals surface area contributed by atoms with E-state index in [9.17, 15) is 9.59 Å². The van der Waals surface area contributed by atoms with Crippen LogP contribution in [0, 0.1) is 13.8 Å². The van der Waals surface area contributed by atoms with Crippen molar-refractivity contribution in [3.8, 4) is 0 Å². The summed E-state index contributed by atoms with van der Waals surface area (Å²) in [5.41, 5.74) is 10.1. The number of nitrogens with two attached hydrogens (primary N) is 1. The summed E-state index contributed by atoms with van der Waals surface area (Å²) >= 11 is 0. The average Bonchev–Trinajstić information content (AvgIpc) is 3.19. The lowest BCUT2D eigenvalue weighted by atomic mass is 10.1. The van der Waals surface area contributed by atoms with E-state index in [-0.39, 0.29) is 12.3 Å². The fourth-order valence-electron chi connectivity index (χ4n) is 3.45. The molecule has 138 valence electrons. The molecule has 0 aliphatic carbocycles. The number of hydrogen-bond acceptors (Lipinski definition) is 4. The van der Waals surface area contributed by atoms with E-state index in [1.165, 1.54) is 0 Å². The summed E-state index contributed by atoms with van der Waals surface area (Å²) in [4.78, 5) is 26.4. The molecule has 0 radical (unpaired) electrons. The molecule has 1 aromatic carbocycles. The normalized spacial score (nSPS) is 13.9. The molecule has 0 bridgehead atoms. The molecule has 0 spiro atoms. The number of benzene rings is 1. The summed E-state index contributed by atoms with van der Waals surface area (Å²) in [6.45, 7) is 5.74. The van der Waals surface area contributed by atoms with Crippen molar-refractivity contribution in [2.75, 3.05) is 23.3 Å². The van der Waals surface area contributed by atoms with Crippen LogP contribution in [0.5, 0.6) is 0 Å². The van der Waals surface area contributed by atoms with E-state index in [2.05, 4.69) is 15.3 Å². The summed E-state index contributed by atoms with van der Waals surface area (Å²) in [7, 11) is 1.87. The molecule has 2 heterocycles. The van der Waals surface area contributed by atoms with Crippen molar-refractivity contribution in [1.82, 2.24) is 9.78 Å². The molecule has 1 aromatic heterocycles. The summed E-state index contributed by atoms with van der Waals surface area (Å²) in [5, 5.41) is 7.33. The van der Waals surface area contributed by atoms with Gasteiger partial charge in [0.15, 0.2) is 0 Å². The van der Waals surface area contributed by atoms with Gasteiger partial charge in [-0.3, -0.25) is 14.3 Å². The van der Waals surface area contributed by atoms with Crippen molar-refractivity contribution in [3.63, 3.8) is 0 Å². The minimum absolute atomic E-state index is 0.133. The van der Waals surface area contributed by atoms with Crippen molar-refractivity contribution < 1.29 is 9.59 Å². The Morgan fingerprint density at radius 1 is 1.23 bits per heavy atom. The standard InChI is InChI=1S/C19H25N5O2/c1-12-15(13(2)23(3)22-12)11-18(25)21-16-10-14(19(20)26)6-7-17(16)24-8-4-5-9-24/h6-7,10H,4-5,8-9,11H2,1-3H3,(H2,20,26)(H,21,25). The lowest BCUT2D eigenvalue weighted by Crippen LogP contribution is -2.23. The van der Waals surface area contributed by atoms with E-state index < -0.39 is 5.91 Å². The van der Waals surface area contributed by atoms with Crippen molar-refractivity contribution in [1.29, 1.82) is 0 Å². The second kappa shape index (κ2) is 7.19. The highest BCUT2D eigenvalue weighted by atomic mass is 16.2. The van der Waals surface area contributed by atoms with Crippen molar-refractivity contribution in [3.05, 3.63) is 40.7 Å². The van der Waals surface area contributed by atoms with Gasteiger partial charge in [0.2, 0.25) is 11.8 Å². The van der Waals surface area contributed by atoms with Gasteiger partial charge in [0.05, 0.1) is 23.5 Å². The quantitative estimate of drug-likeness (QED) is 0.857. The molecule has 1 aliphatic heterocycles. The third-order valence-corrected chi connectivity index (χ3v) is 5.00. The van der Waals surface area contributed by atoms with Gasteiger partial charge in [-0.1, -0.05) is 0 Å². The molecule has 0 saturated carbocycles. The van der Waals surface area contributed by atoms with Crippen LogP contribution in [-0.2, 0) is 18.3 Å². The van der Waals surface area contributed by atoms with Gasteiger partial charge in [0.1, 0.15) is 0 Å². The summed E-state index contributed by atoms with van der Waals surface area (Å²) in [6, 6.07) is 5.24. The van der Waals surface area contributed by atoms with Crippen LogP contribution in [0.3, 0.4) is 0 Å². The highest BCUT2D eigenvalue weighted by Gasteiger charge is 2.20. The first-order valence-electron chi connectivity index (χ1n) is 8.84. The number of rotatable bonds is 5. The summed E-state index contributed by atoms with van der Waals surface area (Å²) < 4.78 is 1.78. The molecule has 1 fully saturated rings. The third kappa shape index (κ3) is 3.56. The number of carbonyl (C=O) groups excluding carboxylic acids is 2. The zero-order chi connectivity index (χ0) is 18.8. The molecule has 3 N–H and O–H groups in total. The first-order chi connectivity index (χ1) is 12.4. The third-order valence-electron chi connectivity index (χ3n) is 5.00. The Kier molecular flexibility index (Phi) is 4.97. The zero-order valence-corrected chi connectivity index (χ0v) is 15.5. The molecule has 3 rings (SSSR count). The largest absolute Gasteiger partial charge is 0.370 e. The van der Waals surface area contributed by atoms with Crippen LogP contribution < -0.4 is 16.0 Å². The van der Waals surface area contributed by atoms with E-state index in [0.29, 0.717) is 11.3 Å². The number of primary amides is 1. The number of anilines is 2. The van der Waals surface area contributed by atoms with Crippen LogP contribution in [0.15, 0.2) is 18.2 Å². The molecular weight excluding hydrogens is 330 g/mol. The Labute approximate surface area is 153 Å². The monoisotopic (exact) mass is 355 g/mol. The van der Waals surface area contributed by atoms with Crippen LogP contribution in [0.2, 0.25) is 0 Å². The number of hydrogen-bond donors (Lipinski definition) is 2. The first kappa shape index (κ1) is 18.0. The fraction of sp³-hybridized carbons (Fsp3) is 0.421. The molecule has 7 heteroatoms. The van der Waals surface area contributed by atoms with Gasteiger partial charge in [-0.25, -0.2) is 0 Å². The van der Waals surface area contributed by atoms with Crippen molar-refractivity contribution in [2.45, 2.75) is 33.1 Å². The van der Waals surface area contributed by atoms with Crippen LogP contribution in [0.25, 0.3) is 0 Å². The molecule has 1 aliphatic rings. The number of nitrogens with one attached hydrogen (secondary N) is 1. The number of aryl methyl sites for hydroxylation is 2. The van der Waals surface area contributed by atoms with Gasteiger partial charge in [-0.15, -0.1) is 0 Å². The lowest BCUT2D eigenvalue weighted by Gasteiger charge is -2.22. The van der Waals surface area contributed by atoms with E-state index in [1.807, 2.05) is 27.0 Å². The first-order valence-corrected chi connectivity index (χ1v) is 8.84. The maximum absolute atomic E-state index is 12.7. The van der Waals surface area contributed by atoms with Crippen LogP contribution in [-0.4, -0.2) is 34.7 Å². The fourth-order valence-corrected chi connectivity index (χ4v) is 3.45. The molecule has 7 nitrogen and oxygen atoms in total. The van der Waals surface area contributed by atoms with E-state index >= 15 is 0 Å². The maximum Gasteiger partial charge on any atom is 0.248 e. The predicted octanol–water partition coefficient (Wildman–Crippen LogP) is 1.92. The highest BCUT2D eigenvalue weighted by Crippen LogP contribution is 2.30. The number of amides is 2. The van der Waals surface area contributed by atoms with E-state index in [4.69, 9.17) is 5.73 Å². The van der Waals surface area contributed by atoms with E-state index in [0.717, 1.165) is 48.6 Å². The zero-order valence-electron chi connectivity index (χ0n) is 15.5. The van der Waals surface area contributed by atoms with Crippen molar-refractivity contribution in [2.24, 2.45) is 12.8 Å². The maximum atomic E-state index is 12.7. The summed E-state index contributed by atoms with van der Waals surface area (Å²) in [6.07, 6.45) is 2.49. The van der Waals surface area contributed by atoms with E-state index in [1.54, 1.807) is 16.8 Å². The Morgan fingerprint density at radius 3 is 2.50 bits per heavy atom.